The van der Waals surface area contributed by atoms with Gasteiger partial charge in [0.2, 0.25) is 0 Å². The molecule has 3 N–H and O–H groups in total. The Bertz CT molecular complexity index is 1230. The molecule has 32 heavy (non-hydrogen) atoms. The Balaban J connectivity index is 1.47. The molecule has 8 nitrogen and oxygen atoms in total. The van der Waals surface area contributed by atoms with Gasteiger partial charge in [-0.2, -0.15) is 10.2 Å². The summed E-state index contributed by atoms with van der Waals surface area (Å²) in [5, 5.41) is 12.2. The van der Waals surface area contributed by atoms with Crippen LogP contribution >= 0.6 is 0 Å². The quantitative estimate of drug-likeness (QED) is 0.503. The van der Waals surface area contributed by atoms with Crippen LogP contribution in [0.4, 0.5) is 5.82 Å². The molecule has 0 spiro atoms. The van der Waals surface area contributed by atoms with Crippen LogP contribution in [0.25, 0.3) is 11.3 Å². The Morgan fingerprint density at radius 2 is 1.97 bits per heavy atom. The van der Waals surface area contributed by atoms with E-state index < -0.39 is 0 Å². The molecular weight excluding hydrogens is 402 g/mol. The minimum absolute atomic E-state index is 0.259. The molecule has 1 fully saturated rings. The van der Waals surface area contributed by atoms with E-state index in [1.165, 1.54) is 5.56 Å². The largest absolute Gasteiger partial charge is 0.330 e. The van der Waals surface area contributed by atoms with Crippen molar-refractivity contribution in [2.45, 2.75) is 38.5 Å². The van der Waals surface area contributed by atoms with E-state index in [0.29, 0.717) is 28.9 Å². The third-order valence-electron chi connectivity index (χ3n) is 6.37. The summed E-state index contributed by atoms with van der Waals surface area (Å²) < 4.78 is 3.41. The van der Waals surface area contributed by atoms with Gasteiger partial charge in [0.25, 0.3) is 5.91 Å². The summed E-state index contributed by atoms with van der Waals surface area (Å²) in [7, 11) is 0. The number of nitrogens with zero attached hydrogens (tertiary/aromatic N) is 5. The van der Waals surface area contributed by atoms with E-state index in [1.54, 1.807) is 29.2 Å². The maximum absolute atomic E-state index is 13.1. The van der Waals surface area contributed by atoms with E-state index in [2.05, 4.69) is 22.3 Å². The standard InChI is InChI=1S/C24H27N7O/c1-16-3-9-19(10-4-16)31-22(13-21(29-31)18-7-5-17(14-25)6-8-18)28-24(32)20-15-27-30-12-2-11-26-23(20)30/h2-4,9-13,15,17-18H,5-8,14,25H2,1H3,(H,28,32). The summed E-state index contributed by atoms with van der Waals surface area (Å²) in [4.78, 5) is 17.4. The van der Waals surface area contributed by atoms with Crippen molar-refractivity contribution in [3.05, 3.63) is 71.8 Å². The number of benzene rings is 1. The van der Waals surface area contributed by atoms with E-state index >= 15 is 0 Å². The highest BCUT2D eigenvalue weighted by molar-refractivity contribution is 6.07. The van der Waals surface area contributed by atoms with Crippen molar-refractivity contribution < 1.29 is 4.79 Å². The van der Waals surface area contributed by atoms with Crippen molar-refractivity contribution in [2.75, 3.05) is 11.9 Å². The summed E-state index contributed by atoms with van der Waals surface area (Å²) in [5.41, 5.74) is 9.90. The van der Waals surface area contributed by atoms with Crippen molar-refractivity contribution in [1.82, 2.24) is 24.4 Å². The van der Waals surface area contributed by atoms with Crippen LogP contribution in [0, 0.1) is 12.8 Å². The van der Waals surface area contributed by atoms with Crippen LogP contribution in [0.1, 0.15) is 53.2 Å². The molecule has 1 aliphatic carbocycles. The van der Waals surface area contributed by atoms with Gasteiger partial charge >= 0.3 is 0 Å². The van der Waals surface area contributed by atoms with E-state index in [9.17, 15) is 4.79 Å². The van der Waals surface area contributed by atoms with Crippen molar-refractivity contribution >= 4 is 17.4 Å². The van der Waals surface area contributed by atoms with Crippen LogP contribution in [-0.2, 0) is 0 Å². The van der Waals surface area contributed by atoms with Gasteiger partial charge in [-0.3, -0.25) is 4.79 Å². The van der Waals surface area contributed by atoms with Gasteiger partial charge in [0, 0.05) is 24.4 Å². The first kappa shape index (κ1) is 20.4. The molecule has 0 aliphatic heterocycles. The molecular formula is C24H27N7O. The molecule has 0 unspecified atom stereocenters. The van der Waals surface area contributed by atoms with Crippen LogP contribution in [-0.4, -0.2) is 36.8 Å². The van der Waals surface area contributed by atoms with Gasteiger partial charge in [-0.15, -0.1) is 0 Å². The Morgan fingerprint density at radius 3 is 2.72 bits per heavy atom. The van der Waals surface area contributed by atoms with Gasteiger partial charge in [0.05, 0.1) is 17.6 Å². The molecule has 3 heterocycles. The number of aromatic nitrogens is 5. The zero-order valence-corrected chi connectivity index (χ0v) is 18.1. The molecule has 1 aliphatic rings. The number of nitrogens with one attached hydrogen (secondary N) is 1. The van der Waals surface area contributed by atoms with Crippen LogP contribution in [0.2, 0.25) is 0 Å². The number of rotatable bonds is 5. The molecule has 4 aromatic rings. The molecule has 3 aromatic heterocycles. The van der Waals surface area contributed by atoms with Crippen molar-refractivity contribution in [2.24, 2.45) is 11.7 Å². The fraction of sp³-hybridized carbons (Fsp3) is 0.333. The maximum Gasteiger partial charge on any atom is 0.262 e. The van der Waals surface area contributed by atoms with E-state index in [-0.39, 0.29) is 5.91 Å². The molecule has 5 rings (SSSR count). The first-order valence-electron chi connectivity index (χ1n) is 11.1. The molecule has 164 valence electrons. The molecule has 1 amide bonds. The fourth-order valence-electron chi connectivity index (χ4n) is 4.44. The molecule has 0 atom stereocenters. The van der Waals surface area contributed by atoms with Crippen LogP contribution in [0.5, 0.6) is 0 Å². The maximum atomic E-state index is 13.1. The summed E-state index contributed by atoms with van der Waals surface area (Å²) in [6.45, 7) is 2.80. The highest BCUT2D eigenvalue weighted by atomic mass is 16.1. The summed E-state index contributed by atoms with van der Waals surface area (Å²) >= 11 is 0. The summed E-state index contributed by atoms with van der Waals surface area (Å²) in [6, 6.07) is 11.9. The van der Waals surface area contributed by atoms with Crippen LogP contribution in [0.3, 0.4) is 0 Å². The second kappa shape index (κ2) is 8.55. The van der Waals surface area contributed by atoms with Crippen molar-refractivity contribution in [3.63, 3.8) is 0 Å². The first-order valence-corrected chi connectivity index (χ1v) is 11.1. The fourth-order valence-corrected chi connectivity index (χ4v) is 4.44. The lowest BCUT2D eigenvalue weighted by Crippen LogP contribution is -2.20. The number of hydrogen-bond donors (Lipinski definition) is 2. The molecule has 1 saturated carbocycles. The smallest absolute Gasteiger partial charge is 0.262 e. The lowest BCUT2D eigenvalue weighted by atomic mass is 9.80. The Hall–Kier alpha value is -3.52. The molecule has 0 saturated heterocycles. The van der Waals surface area contributed by atoms with Crippen molar-refractivity contribution in [1.29, 1.82) is 0 Å². The Labute approximate surface area is 186 Å². The lowest BCUT2D eigenvalue weighted by Gasteiger charge is -2.26. The van der Waals surface area contributed by atoms with Crippen LogP contribution in [0.15, 0.2) is 55.0 Å². The Kier molecular flexibility index (Phi) is 5.45. The van der Waals surface area contributed by atoms with E-state index in [0.717, 1.165) is 43.6 Å². The molecule has 8 heteroatoms. The van der Waals surface area contributed by atoms with Gasteiger partial charge in [0.1, 0.15) is 11.4 Å². The van der Waals surface area contributed by atoms with Gasteiger partial charge in [-0.05, 0) is 63.3 Å². The first-order chi connectivity index (χ1) is 15.6. The number of amides is 1. The summed E-state index contributed by atoms with van der Waals surface area (Å²) in [5.74, 6) is 1.36. The van der Waals surface area contributed by atoms with Gasteiger partial charge < -0.3 is 11.1 Å². The SMILES string of the molecule is Cc1ccc(-n2nc(C3CCC(CN)CC3)cc2NC(=O)c2cnn3cccnc23)cc1. The predicted molar refractivity (Wildman–Crippen MR) is 123 cm³/mol. The van der Waals surface area contributed by atoms with E-state index in [4.69, 9.17) is 10.8 Å². The summed E-state index contributed by atoms with van der Waals surface area (Å²) in [6.07, 6.45) is 9.34. The second-order valence-electron chi connectivity index (χ2n) is 8.56. The number of aryl methyl sites for hydroxylation is 1. The zero-order chi connectivity index (χ0) is 22.1. The normalized spacial score (nSPS) is 18.7. The van der Waals surface area contributed by atoms with Gasteiger partial charge in [-0.1, -0.05) is 17.7 Å². The highest BCUT2D eigenvalue weighted by Crippen LogP contribution is 2.36. The number of anilines is 1. The number of carbonyl (C=O) groups is 1. The number of hydrogen-bond acceptors (Lipinski definition) is 5. The van der Waals surface area contributed by atoms with Gasteiger partial charge in [0.15, 0.2) is 5.65 Å². The monoisotopic (exact) mass is 429 g/mol. The number of nitrogens with two attached hydrogens (primary N) is 1. The third-order valence-corrected chi connectivity index (χ3v) is 6.37. The molecule has 1 aromatic carbocycles. The average molecular weight is 430 g/mol. The molecule has 0 bridgehead atoms. The van der Waals surface area contributed by atoms with Gasteiger partial charge in [-0.25, -0.2) is 14.2 Å². The van der Waals surface area contributed by atoms with E-state index in [1.807, 2.05) is 35.0 Å². The number of fused-ring (bicyclic) bond motifs is 1. The molecule has 0 radical (unpaired) electrons. The Morgan fingerprint density at radius 1 is 1.19 bits per heavy atom. The third kappa shape index (κ3) is 3.89. The average Bonchev–Trinajstić information content (AvgIpc) is 3.44. The topological polar surface area (TPSA) is 103 Å². The number of carbonyl (C=O) groups excluding carboxylic acids is 1. The highest BCUT2D eigenvalue weighted by Gasteiger charge is 2.25. The zero-order valence-electron chi connectivity index (χ0n) is 18.1. The minimum atomic E-state index is -0.259. The minimum Gasteiger partial charge on any atom is -0.330 e. The predicted octanol–water partition coefficient (Wildman–Crippen LogP) is 3.71. The van der Waals surface area contributed by atoms with Crippen LogP contribution < -0.4 is 11.1 Å². The lowest BCUT2D eigenvalue weighted by molar-refractivity contribution is 0.102. The second-order valence-corrected chi connectivity index (χ2v) is 8.56. The van der Waals surface area contributed by atoms with Crippen molar-refractivity contribution in [3.8, 4) is 5.69 Å².